The fourth-order valence-electron chi connectivity index (χ4n) is 1.89. The summed E-state index contributed by atoms with van der Waals surface area (Å²) < 4.78 is 8.04. The second kappa shape index (κ2) is 4.44. The third kappa shape index (κ3) is 2.04. The number of aliphatic hydroxyl groups is 2. The SMILES string of the molecule is Cn1c(N)cc[n+](C2CC(O)C(CO)O2)c1=O. The van der Waals surface area contributed by atoms with E-state index in [0.717, 1.165) is 0 Å². The van der Waals surface area contributed by atoms with Crippen LogP contribution >= 0.6 is 0 Å². The van der Waals surface area contributed by atoms with Gasteiger partial charge in [0.05, 0.1) is 19.8 Å². The Hall–Kier alpha value is -1.44. The first-order valence-corrected chi connectivity index (χ1v) is 5.35. The highest BCUT2D eigenvalue weighted by molar-refractivity contribution is 5.24. The van der Waals surface area contributed by atoms with Gasteiger partial charge < -0.3 is 20.7 Å². The van der Waals surface area contributed by atoms with E-state index in [1.165, 1.54) is 15.3 Å². The van der Waals surface area contributed by atoms with Gasteiger partial charge >= 0.3 is 5.69 Å². The minimum Gasteiger partial charge on any atom is -0.394 e. The number of aromatic nitrogens is 2. The highest BCUT2D eigenvalue weighted by atomic mass is 16.5. The summed E-state index contributed by atoms with van der Waals surface area (Å²) in [6, 6.07) is 1.59. The molecule has 0 radical (unpaired) electrons. The Morgan fingerprint density at radius 3 is 3.00 bits per heavy atom. The summed E-state index contributed by atoms with van der Waals surface area (Å²) >= 11 is 0. The third-order valence-electron chi connectivity index (χ3n) is 3.00. The highest BCUT2D eigenvalue weighted by Gasteiger charge is 2.38. The number of nitrogens with two attached hydrogens (primary N) is 1. The number of hydrogen-bond donors (Lipinski definition) is 3. The topological polar surface area (TPSA) is 102 Å². The van der Waals surface area contributed by atoms with Crippen LogP contribution in [0.25, 0.3) is 0 Å². The molecule has 1 saturated heterocycles. The zero-order valence-electron chi connectivity index (χ0n) is 9.48. The summed E-state index contributed by atoms with van der Waals surface area (Å²) in [5, 5.41) is 18.6. The van der Waals surface area contributed by atoms with Gasteiger partial charge in [0.2, 0.25) is 6.23 Å². The second-order valence-electron chi connectivity index (χ2n) is 4.10. The van der Waals surface area contributed by atoms with Gasteiger partial charge in [-0.3, -0.25) is 0 Å². The lowest BCUT2D eigenvalue weighted by Crippen LogP contribution is -2.56. The molecule has 2 heterocycles. The predicted molar refractivity (Wildman–Crippen MR) is 57.9 cm³/mol. The fourth-order valence-corrected chi connectivity index (χ4v) is 1.89. The van der Waals surface area contributed by atoms with Gasteiger partial charge in [-0.25, -0.2) is 0 Å². The number of rotatable bonds is 2. The van der Waals surface area contributed by atoms with Crippen molar-refractivity contribution < 1.29 is 19.5 Å². The van der Waals surface area contributed by atoms with E-state index >= 15 is 0 Å². The summed E-state index contributed by atoms with van der Waals surface area (Å²) in [5.41, 5.74) is 5.27. The Morgan fingerprint density at radius 1 is 1.71 bits per heavy atom. The van der Waals surface area contributed by atoms with E-state index in [4.69, 9.17) is 15.6 Å². The van der Waals surface area contributed by atoms with Crippen LogP contribution in [0.1, 0.15) is 12.6 Å². The Labute approximate surface area is 97.7 Å². The molecule has 0 spiro atoms. The first-order chi connectivity index (χ1) is 8.04. The third-order valence-corrected chi connectivity index (χ3v) is 3.00. The van der Waals surface area contributed by atoms with Crippen molar-refractivity contribution in [2.75, 3.05) is 12.3 Å². The molecule has 7 nitrogen and oxygen atoms in total. The normalized spacial score (nSPS) is 28.5. The van der Waals surface area contributed by atoms with E-state index in [-0.39, 0.29) is 18.7 Å². The predicted octanol–water partition coefficient (Wildman–Crippen LogP) is -2.10. The molecule has 1 aliphatic heterocycles. The second-order valence-corrected chi connectivity index (χ2v) is 4.10. The molecule has 94 valence electrons. The van der Waals surface area contributed by atoms with Gasteiger partial charge in [-0.1, -0.05) is 0 Å². The zero-order valence-corrected chi connectivity index (χ0v) is 9.48. The molecule has 1 fully saturated rings. The van der Waals surface area contributed by atoms with Crippen LogP contribution in [0.4, 0.5) is 5.82 Å². The minimum atomic E-state index is -0.764. The van der Waals surface area contributed by atoms with Crippen molar-refractivity contribution in [2.45, 2.75) is 24.9 Å². The van der Waals surface area contributed by atoms with Gasteiger partial charge in [-0.2, -0.15) is 13.9 Å². The number of hydrogen-bond acceptors (Lipinski definition) is 5. The molecule has 17 heavy (non-hydrogen) atoms. The van der Waals surface area contributed by atoms with E-state index < -0.39 is 18.4 Å². The summed E-state index contributed by atoms with van der Waals surface area (Å²) in [5.74, 6) is 0.350. The van der Waals surface area contributed by atoms with Crippen LogP contribution in [-0.2, 0) is 11.8 Å². The van der Waals surface area contributed by atoms with E-state index in [1.807, 2.05) is 0 Å². The number of aliphatic hydroxyl groups excluding tert-OH is 2. The molecule has 1 aromatic rings. The smallest absolute Gasteiger partial charge is 0.394 e. The number of nitrogen functional groups attached to an aromatic ring is 1. The lowest BCUT2D eigenvalue weighted by Gasteiger charge is -2.10. The number of nitrogens with zero attached hydrogens (tertiary/aromatic N) is 2. The molecule has 0 aliphatic carbocycles. The zero-order chi connectivity index (χ0) is 12.6. The highest BCUT2D eigenvalue weighted by Crippen LogP contribution is 2.23. The average molecular weight is 242 g/mol. The summed E-state index contributed by atoms with van der Waals surface area (Å²) in [6.45, 7) is -0.270. The van der Waals surface area contributed by atoms with Gasteiger partial charge in [-0.15, -0.1) is 0 Å². The van der Waals surface area contributed by atoms with Gasteiger partial charge in [-0.05, 0) is 0 Å². The molecule has 3 atom stereocenters. The number of anilines is 1. The maximum absolute atomic E-state index is 11.9. The summed E-state index contributed by atoms with van der Waals surface area (Å²) in [4.78, 5) is 11.9. The van der Waals surface area contributed by atoms with E-state index in [2.05, 4.69) is 0 Å². The van der Waals surface area contributed by atoms with E-state index in [1.54, 1.807) is 13.1 Å². The first-order valence-electron chi connectivity index (χ1n) is 5.35. The average Bonchev–Trinajstić information content (AvgIpc) is 2.67. The van der Waals surface area contributed by atoms with Gasteiger partial charge in [0.1, 0.15) is 12.3 Å². The fraction of sp³-hybridized carbons (Fsp3) is 0.600. The Balaban J connectivity index is 2.31. The van der Waals surface area contributed by atoms with Crippen LogP contribution in [0, 0.1) is 0 Å². The summed E-state index contributed by atoms with van der Waals surface area (Å²) in [7, 11) is 1.56. The Bertz CT molecular complexity index is 473. The first kappa shape index (κ1) is 12.0. The minimum absolute atomic E-state index is 0.270. The molecular formula is C10H16N3O4+. The van der Waals surface area contributed by atoms with Crippen molar-refractivity contribution in [1.82, 2.24) is 4.57 Å². The van der Waals surface area contributed by atoms with E-state index in [9.17, 15) is 9.90 Å². The van der Waals surface area contributed by atoms with Crippen LogP contribution in [0.3, 0.4) is 0 Å². The molecule has 3 unspecified atom stereocenters. The van der Waals surface area contributed by atoms with Crippen molar-refractivity contribution in [3.05, 3.63) is 22.7 Å². The van der Waals surface area contributed by atoms with Crippen molar-refractivity contribution in [3.63, 3.8) is 0 Å². The lowest BCUT2D eigenvalue weighted by molar-refractivity contribution is -0.775. The number of ether oxygens (including phenoxy) is 1. The van der Waals surface area contributed by atoms with Crippen molar-refractivity contribution in [2.24, 2.45) is 7.05 Å². The molecule has 4 N–H and O–H groups in total. The molecule has 7 heteroatoms. The maximum atomic E-state index is 11.9. The van der Waals surface area contributed by atoms with Crippen LogP contribution in [0.5, 0.6) is 0 Å². The molecule has 1 aromatic heterocycles. The molecule has 0 amide bonds. The maximum Gasteiger partial charge on any atom is 0.501 e. The Kier molecular flexibility index (Phi) is 3.14. The molecule has 0 saturated carbocycles. The Morgan fingerprint density at radius 2 is 2.41 bits per heavy atom. The van der Waals surface area contributed by atoms with Gasteiger partial charge in [0.15, 0.2) is 5.82 Å². The van der Waals surface area contributed by atoms with Gasteiger partial charge in [0, 0.05) is 12.5 Å². The van der Waals surface area contributed by atoms with Crippen molar-refractivity contribution in [3.8, 4) is 0 Å². The van der Waals surface area contributed by atoms with Crippen LogP contribution in [0.2, 0.25) is 0 Å². The molecule has 1 aliphatic rings. The summed E-state index contributed by atoms with van der Waals surface area (Å²) in [6.07, 6.45) is -0.180. The molecule has 0 aromatic carbocycles. The van der Waals surface area contributed by atoms with Crippen LogP contribution < -0.4 is 16.0 Å². The van der Waals surface area contributed by atoms with Gasteiger partial charge in [0.25, 0.3) is 0 Å². The van der Waals surface area contributed by atoms with Crippen LogP contribution in [-0.4, -0.2) is 33.6 Å². The van der Waals surface area contributed by atoms with Crippen molar-refractivity contribution >= 4 is 5.82 Å². The van der Waals surface area contributed by atoms with E-state index in [0.29, 0.717) is 5.82 Å². The van der Waals surface area contributed by atoms with Crippen molar-refractivity contribution in [1.29, 1.82) is 0 Å². The monoisotopic (exact) mass is 242 g/mol. The quantitative estimate of drug-likeness (QED) is 0.515. The lowest BCUT2D eigenvalue weighted by atomic mass is 10.2. The molecular weight excluding hydrogens is 226 g/mol. The largest absolute Gasteiger partial charge is 0.501 e. The van der Waals surface area contributed by atoms with Crippen LogP contribution in [0.15, 0.2) is 17.1 Å². The standard InChI is InChI=1S/C10H15N3O4/c1-12-8(11)2-3-13(10(12)16)9-4-6(15)7(5-14)17-9/h2-3,6-7,9,11,14-15H,4-5H2,1H3/p+1. The molecule has 0 bridgehead atoms. The molecule has 2 rings (SSSR count).